The number of thioether (sulfide) groups is 1. The monoisotopic (exact) mass is 449 g/mol. The summed E-state index contributed by atoms with van der Waals surface area (Å²) in [5.74, 6) is -0.571. The van der Waals surface area contributed by atoms with Crippen LogP contribution in [-0.2, 0) is 11.3 Å². The largest absolute Gasteiger partial charge is 0.861 e. The maximum Gasteiger partial charge on any atom is 0.320 e. The van der Waals surface area contributed by atoms with E-state index in [9.17, 15) is 15.6 Å². The van der Waals surface area contributed by atoms with Crippen molar-refractivity contribution >= 4 is 29.4 Å². The number of benzene rings is 1. The van der Waals surface area contributed by atoms with E-state index in [2.05, 4.69) is 21.3 Å². The SMILES string of the molecule is COCC[n+]1cc(/N=C(/[O-])CSc2nc(N)c(C#N)c(-c3ccc(C)cc3)c2C#N)on1. The van der Waals surface area contributed by atoms with E-state index in [0.29, 0.717) is 24.3 Å². The fourth-order valence-corrected chi connectivity index (χ4v) is 3.58. The van der Waals surface area contributed by atoms with Crippen LogP contribution in [0.5, 0.6) is 0 Å². The topological polar surface area (TPSA) is 161 Å². The van der Waals surface area contributed by atoms with E-state index in [-0.39, 0.29) is 33.6 Å². The maximum absolute atomic E-state index is 12.3. The molecule has 0 saturated heterocycles. The van der Waals surface area contributed by atoms with Gasteiger partial charge in [-0.2, -0.15) is 10.5 Å². The summed E-state index contributed by atoms with van der Waals surface area (Å²) >= 11 is 1.01. The zero-order valence-corrected chi connectivity index (χ0v) is 18.2. The van der Waals surface area contributed by atoms with Crippen molar-refractivity contribution in [1.29, 1.82) is 10.5 Å². The van der Waals surface area contributed by atoms with Gasteiger partial charge in [-0.3, -0.25) is 4.52 Å². The number of aliphatic imine (C=N–C) groups is 1. The van der Waals surface area contributed by atoms with Gasteiger partial charge in [0.2, 0.25) is 11.8 Å². The number of aromatic nitrogens is 3. The smallest absolute Gasteiger partial charge is 0.320 e. The number of anilines is 1. The molecule has 162 valence electrons. The Morgan fingerprint density at radius 2 is 2.00 bits per heavy atom. The lowest BCUT2D eigenvalue weighted by Crippen LogP contribution is -2.36. The summed E-state index contributed by atoms with van der Waals surface area (Å²) < 4.78 is 11.4. The molecular weight excluding hydrogens is 430 g/mol. The number of nitriles is 2. The molecule has 2 aromatic heterocycles. The van der Waals surface area contributed by atoms with Crippen LogP contribution >= 0.6 is 11.8 Å². The molecule has 32 heavy (non-hydrogen) atoms. The number of aryl methyl sites for hydroxylation is 1. The normalized spacial score (nSPS) is 11.2. The number of ether oxygens (including phenoxy) is 1. The van der Waals surface area contributed by atoms with Crippen molar-refractivity contribution < 1.29 is 19.0 Å². The summed E-state index contributed by atoms with van der Waals surface area (Å²) in [7, 11) is 1.57. The van der Waals surface area contributed by atoms with Gasteiger partial charge in [-0.25, -0.2) is 9.98 Å². The quantitative estimate of drug-likeness (QED) is 0.232. The summed E-state index contributed by atoms with van der Waals surface area (Å²) in [5, 5.41) is 35.7. The van der Waals surface area contributed by atoms with Crippen LogP contribution in [-0.4, -0.2) is 35.6 Å². The van der Waals surface area contributed by atoms with Crippen molar-refractivity contribution in [2.75, 3.05) is 25.2 Å². The number of nitrogens with two attached hydrogens (primary N) is 1. The van der Waals surface area contributed by atoms with Crippen LogP contribution in [0.2, 0.25) is 0 Å². The van der Waals surface area contributed by atoms with Crippen LogP contribution in [0.3, 0.4) is 0 Å². The Hall–Kier alpha value is -3.93. The van der Waals surface area contributed by atoms with Gasteiger partial charge in [-0.05, 0) is 23.1 Å². The molecule has 0 spiro atoms. The van der Waals surface area contributed by atoms with Crippen molar-refractivity contribution in [1.82, 2.24) is 10.3 Å². The molecule has 3 aromatic rings. The standard InChI is InChI=1S/C21H19N7O3S/c1-13-3-5-14(6-4-13)19-15(9-22)20(24)26-21(16(19)10-23)32-12-17(29)25-18-11-28(27-31-18)7-8-30-2/h3-6,11H,7-8,12H2,1-2H3,(H2-,24,25,26,27,29). The molecule has 0 amide bonds. The lowest BCUT2D eigenvalue weighted by Gasteiger charge is -2.14. The number of nitrogens with zero attached hydrogens (tertiary/aromatic N) is 6. The molecule has 2 N–H and O–H groups in total. The van der Waals surface area contributed by atoms with Gasteiger partial charge < -0.3 is 15.6 Å². The first kappa shape index (κ1) is 22.7. The minimum Gasteiger partial charge on any atom is -0.861 e. The van der Waals surface area contributed by atoms with Crippen molar-refractivity contribution in [3.05, 3.63) is 47.2 Å². The zero-order valence-electron chi connectivity index (χ0n) is 17.4. The Bertz CT molecular complexity index is 1220. The van der Waals surface area contributed by atoms with Crippen LogP contribution < -0.4 is 15.5 Å². The minimum absolute atomic E-state index is 0.0108. The lowest BCUT2D eigenvalue weighted by molar-refractivity contribution is -0.763. The Morgan fingerprint density at radius 3 is 2.66 bits per heavy atom. The van der Waals surface area contributed by atoms with Gasteiger partial charge in [0.15, 0.2) is 0 Å². The third-order valence-electron chi connectivity index (χ3n) is 4.35. The fourth-order valence-electron chi connectivity index (χ4n) is 2.81. The van der Waals surface area contributed by atoms with Crippen LogP contribution in [0, 0.1) is 29.6 Å². The third kappa shape index (κ3) is 5.21. The molecule has 3 rings (SSSR count). The van der Waals surface area contributed by atoms with Crippen LogP contribution in [0.1, 0.15) is 16.7 Å². The van der Waals surface area contributed by atoms with Crippen LogP contribution in [0.4, 0.5) is 11.7 Å². The molecular formula is C21H19N7O3S. The number of pyridine rings is 1. The highest BCUT2D eigenvalue weighted by molar-refractivity contribution is 8.00. The van der Waals surface area contributed by atoms with E-state index >= 15 is 0 Å². The Morgan fingerprint density at radius 1 is 1.28 bits per heavy atom. The number of methoxy groups -OCH3 is 1. The molecule has 10 nitrogen and oxygen atoms in total. The highest BCUT2D eigenvalue weighted by Crippen LogP contribution is 2.35. The van der Waals surface area contributed by atoms with Gasteiger partial charge in [0.05, 0.1) is 5.56 Å². The van der Waals surface area contributed by atoms with Gasteiger partial charge in [-0.1, -0.05) is 41.6 Å². The molecule has 0 bridgehead atoms. The number of rotatable bonds is 8. The Kier molecular flexibility index (Phi) is 7.39. The van der Waals surface area contributed by atoms with Gasteiger partial charge in [-0.15, -0.1) is 0 Å². The summed E-state index contributed by atoms with van der Waals surface area (Å²) in [6, 6.07) is 11.5. The van der Waals surface area contributed by atoms with E-state index < -0.39 is 5.90 Å². The van der Waals surface area contributed by atoms with Gasteiger partial charge in [0, 0.05) is 18.4 Å². The first-order chi connectivity index (χ1) is 15.5. The number of nitrogen functional groups attached to an aromatic ring is 1. The summed E-state index contributed by atoms with van der Waals surface area (Å²) in [6.45, 7) is 2.83. The molecule has 0 unspecified atom stereocenters. The van der Waals surface area contributed by atoms with Crippen molar-refractivity contribution in [3.8, 4) is 23.3 Å². The summed E-state index contributed by atoms with van der Waals surface area (Å²) in [6.07, 6.45) is 1.48. The zero-order chi connectivity index (χ0) is 23.1. The average Bonchev–Trinajstić information content (AvgIpc) is 3.23. The molecule has 11 heteroatoms. The predicted octanol–water partition coefficient (Wildman–Crippen LogP) is 1.49. The first-order valence-corrected chi connectivity index (χ1v) is 10.4. The van der Waals surface area contributed by atoms with Crippen molar-refractivity contribution in [2.45, 2.75) is 18.5 Å². The van der Waals surface area contributed by atoms with Crippen molar-refractivity contribution in [3.63, 3.8) is 0 Å². The molecule has 0 atom stereocenters. The second kappa shape index (κ2) is 10.4. The summed E-state index contributed by atoms with van der Waals surface area (Å²) in [4.78, 5) is 8.04. The van der Waals surface area contributed by atoms with Gasteiger partial charge in [0.1, 0.15) is 35.2 Å². The second-order valence-electron chi connectivity index (χ2n) is 6.61. The van der Waals surface area contributed by atoms with E-state index in [1.54, 1.807) is 7.11 Å². The van der Waals surface area contributed by atoms with Gasteiger partial charge in [0.25, 0.3) is 6.20 Å². The average molecular weight is 449 g/mol. The lowest BCUT2D eigenvalue weighted by atomic mass is 9.96. The predicted molar refractivity (Wildman–Crippen MR) is 115 cm³/mol. The molecule has 1 aromatic carbocycles. The summed E-state index contributed by atoms with van der Waals surface area (Å²) in [5.41, 5.74) is 8.38. The molecule has 2 heterocycles. The van der Waals surface area contributed by atoms with Gasteiger partial charge >= 0.3 is 5.88 Å². The number of hydrogen-bond acceptors (Lipinski definition) is 10. The highest BCUT2D eigenvalue weighted by Gasteiger charge is 2.20. The van der Waals surface area contributed by atoms with E-state index in [1.165, 1.54) is 10.9 Å². The van der Waals surface area contributed by atoms with E-state index in [4.69, 9.17) is 15.0 Å². The molecule has 0 aliphatic rings. The Labute approximate surface area is 188 Å². The number of hydrogen-bond donors (Lipinski definition) is 1. The first-order valence-electron chi connectivity index (χ1n) is 9.40. The second-order valence-corrected chi connectivity index (χ2v) is 7.57. The molecule has 0 aliphatic heterocycles. The van der Waals surface area contributed by atoms with Crippen LogP contribution in [0.15, 0.2) is 45.0 Å². The minimum atomic E-state index is -0.504. The molecule has 0 saturated carbocycles. The van der Waals surface area contributed by atoms with E-state index in [0.717, 1.165) is 17.3 Å². The fraction of sp³-hybridized carbons (Fsp3) is 0.238. The molecule has 0 fully saturated rings. The molecule has 0 aliphatic carbocycles. The van der Waals surface area contributed by atoms with E-state index in [1.807, 2.05) is 37.3 Å². The molecule has 0 radical (unpaired) electrons. The van der Waals surface area contributed by atoms with Crippen LogP contribution in [0.25, 0.3) is 11.1 Å². The highest BCUT2D eigenvalue weighted by atomic mass is 32.2. The Balaban J connectivity index is 1.88. The van der Waals surface area contributed by atoms with Crippen molar-refractivity contribution in [2.24, 2.45) is 4.99 Å². The third-order valence-corrected chi connectivity index (χ3v) is 5.31. The maximum atomic E-state index is 12.3.